The molecule has 0 radical (unpaired) electrons. The second-order valence-electron chi connectivity index (χ2n) is 9.60. The van der Waals surface area contributed by atoms with E-state index in [0.717, 1.165) is 19.3 Å². The molecule has 1 atom stereocenters. The Kier molecular flexibility index (Phi) is 7.32. The van der Waals surface area contributed by atoms with Gasteiger partial charge in [-0.1, -0.05) is 60.7 Å². The molecule has 0 saturated carbocycles. The van der Waals surface area contributed by atoms with E-state index in [9.17, 15) is 9.59 Å². The smallest absolute Gasteiger partial charge is 0.226 e. The minimum absolute atomic E-state index is 0.105. The average molecular weight is 445 g/mol. The molecule has 0 aromatic heterocycles. The van der Waals surface area contributed by atoms with Gasteiger partial charge in [-0.05, 0) is 74.6 Å². The van der Waals surface area contributed by atoms with Crippen LogP contribution in [0.2, 0.25) is 0 Å². The highest BCUT2D eigenvalue weighted by Crippen LogP contribution is 2.39. The first kappa shape index (κ1) is 23.3. The van der Waals surface area contributed by atoms with Crippen molar-refractivity contribution in [1.29, 1.82) is 0 Å². The van der Waals surface area contributed by atoms with E-state index in [0.29, 0.717) is 38.9 Å². The second-order valence-corrected chi connectivity index (χ2v) is 9.60. The summed E-state index contributed by atoms with van der Waals surface area (Å²) in [6.07, 6.45) is 9.19. The van der Waals surface area contributed by atoms with Gasteiger partial charge in [0.25, 0.3) is 0 Å². The fourth-order valence-corrected chi connectivity index (χ4v) is 5.44. The molecule has 2 aromatic carbocycles. The lowest BCUT2D eigenvalue weighted by molar-refractivity contribution is -0.143. The van der Waals surface area contributed by atoms with E-state index in [1.807, 2.05) is 11.8 Å². The van der Waals surface area contributed by atoms with Crippen molar-refractivity contribution in [3.63, 3.8) is 0 Å². The zero-order chi connectivity index (χ0) is 23.3. The topological polar surface area (TPSA) is 49.4 Å². The molecule has 4 nitrogen and oxygen atoms in total. The van der Waals surface area contributed by atoms with Crippen LogP contribution in [0.4, 0.5) is 0 Å². The van der Waals surface area contributed by atoms with Crippen molar-refractivity contribution in [3.05, 3.63) is 71.8 Å². The van der Waals surface area contributed by atoms with E-state index in [2.05, 4.69) is 72.9 Å². The highest BCUT2D eigenvalue weighted by Gasteiger charge is 2.43. The summed E-state index contributed by atoms with van der Waals surface area (Å²) in [4.78, 5) is 28.5. The first-order valence-electron chi connectivity index (χ1n) is 12.4. The van der Waals surface area contributed by atoms with Gasteiger partial charge in [0.15, 0.2) is 0 Å². The van der Waals surface area contributed by atoms with Gasteiger partial charge in [0, 0.05) is 25.6 Å². The van der Waals surface area contributed by atoms with Gasteiger partial charge in [-0.15, -0.1) is 0 Å². The van der Waals surface area contributed by atoms with Crippen molar-refractivity contribution in [3.8, 4) is 11.1 Å². The van der Waals surface area contributed by atoms with Crippen molar-refractivity contribution in [2.75, 3.05) is 19.6 Å². The van der Waals surface area contributed by atoms with E-state index in [1.54, 1.807) is 0 Å². The van der Waals surface area contributed by atoms with E-state index in [-0.39, 0.29) is 17.7 Å². The van der Waals surface area contributed by atoms with Gasteiger partial charge in [-0.2, -0.15) is 0 Å². The highest BCUT2D eigenvalue weighted by molar-refractivity contribution is 5.85. The van der Waals surface area contributed by atoms with Crippen molar-refractivity contribution < 1.29 is 9.59 Å². The molecule has 1 aliphatic carbocycles. The minimum Gasteiger partial charge on any atom is -0.356 e. The molecule has 174 valence electrons. The summed E-state index contributed by atoms with van der Waals surface area (Å²) < 4.78 is 0. The number of amides is 2. The summed E-state index contributed by atoms with van der Waals surface area (Å²) in [6.45, 7) is 6.04. The summed E-state index contributed by atoms with van der Waals surface area (Å²) in [6, 6.07) is 16.9. The summed E-state index contributed by atoms with van der Waals surface area (Å²) >= 11 is 0. The molecule has 2 aromatic rings. The van der Waals surface area contributed by atoms with Crippen LogP contribution in [0.1, 0.15) is 50.2 Å². The Balaban J connectivity index is 1.57. The third-order valence-electron chi connectivity index (χ3n) is 7.45. The van der Waals surface area contributed by atoms with Crippen molar-refractivity contribution in [2.24, 2.45) is 11.3 Å². The van der Waals surface area contributed by atoms with Gasteiger partial charge in [0.05, 0.1) is 5.41 Å². The summed E-state index contributed by atoms with van der Waals surface area (Å²) in [5.41, 5.74) is 4.37. The van der Waals surface area contributed by atoms with Crippen LogP contribution >= 0.6 is 0 Å². The number of nitrogens with zero attached hydrogens (tertiary/aromatic N) is 1. The molecule has 1 unspecified atom stereocenters. The molecule has 0 bridgehead atoms. The van der Waals surface area contributed by atoms with Gasteiger partial charge in [-0.3, -0.25) is 9.59 Å². The maximum atomic E-state index is 13.4. The van der Waals surface area contributed by atoms with Crippen LogP contribution in [0.3, 0.4) is 0 Å². The number of nitrogens with one attached hydrogen (secondary N) is 1. The van der Waals surface area contributed by atoms with Crippen LogP contribution in [0, 0.1) is 18.3 Å². The van der Waals surface area contributed by atoms with Gasteiger partial charge in [0.1, 0.15) is 0 Å². The molecule has 4 rings (SSSR count). The normalized spacial score (nSPS) is 19.8. The van der Waals surface area contributed by atoms with Gasteiger partial charge in [0.2, 0.25) is 11.8 Å². The number of carbonyl (C=O) groups is 2. The molecule has 33 heavy (non-hydrogen) atoms. The average Bonchev–Trinajstić information content (AvgIpc) is 2.85. The number of hydrogen-bond donors (Lipinski definition) is 1. The highest BCUT2D eigenvalue weighted by atomic mass is 16.2. The van der Waals surface area contributed by atoms with Gasteiger partial charge >= 0.3 is 0 Å². The molecule has 0 spiro atoms. The number of carbonyl (C=O) groups excluding carboxylic acids is 2. The lowest BCUT2D eigenvalue weighted by Gasteiger charge is -2.42. The SMILES string of the molecule is CCNC(=O)C1(Cc2ccccc2-c2ccccc2C)CCN(C(=O)C2CC=CCC2)CC1. The lowest BCUT2D eigenvalue weighted by atomic mass is 9.71. The third kappa shape index (κ3) is 5.05. The van der Waals surface area contributed by atoms with Crippen LogP contribution in [0.25, 0.3) is 11.1 Å². The molecule has 2 aliphatic rings. The summed E-state index contributed by atoms with van der Waals surface area (Å²) in [5, 5.41) is 3.10. The second kappa shape index (κ2) is 10.4. The predicted octanol–water partition coefficient (Wildman–Crippen LogP) is 5.31. The van der Waals surface area contributed by atoms with E-state index in [1.165, 1.54) is 22.3 Å². The van der Waals surface area contributed by atoms with E-state index < -0.39 is 5.41 Å². The largest absolute Gasteiger partial charge is 0.356 e. The van der Waals surface area contributed by atoms with Crippen LogP contribution in [0.5, 0.6) is 0 Å². The van der Waals surface area contributed by atoms with Crippen LogP contribution in [-0.4, -0.2) is 36.3 Å². The minimum atomic E-state index is -0.488. The maximum Gasteiger partial charge on any atom is 0.226 e. The molecule has 1 N–H and O–H groups in total. The zero-order valence-corrected chi connectivity index (χ0v) is 20.0. The predicted molar refractivity (Wildman–Crippen MR) is 134 cm³/mol. The number of aryl methyl sites for hydroxylation is 1. The maximum absolute atomic E-state index is 13.4. The number of allylic oxidation sites excluding steroid dienone is 2. The zero-order valence-electron chi connectivity index (χ0n) is 20.0. The van der Waals surface area contributed by atoms with Crippen LogP contribution in [0.15, 0.2) is 60.7 Å². The summed E-state index contributed by atoms with van der Waals surface area (Å²) in [7, 11) is 0. The molecule has 2 amide bonds. The van der Waals surface area contributed by atoms with Crippen molar-refractivity contribution in [1.82, 2.24) is 10.2 Å². The van der Waals surface area contributed by atoms with Crippen LogP contribution < -0.4 is 5.32 Å². The standard InChI is InChI=1S/C29H36N2O2/c1-3-30-28(33)29(17-19-31(20-18-29)27(32)23-12-5-4-6-13-23)21-24-14-8-10-16-26(24)25-15-9-7-11-22(25)2/h4-5,7-11,14-16,23H,3,6,12-13,17-21H2,1-2H3,(H,30,33). The molecule has 1 saturated heterocycles. The number of benzene rings is 2. The lowest BCUT2D eigenvalue weighted by Crippen LogP contribution is -2.52. The van der Waals surface area contributed by atoms with E-state index >= 15 is 0 Å². The Morgan fingerprint density at radius 2 is 1.70 bits per heavy atom. The fourth-order valence-electron chi connectivity index (χ4n) is 5.44. The molecular formula is C29H36N2O2. The number of hydrogen-bond acceptors (Lipinski definition) is 2. The molecule has 4 heteroatoms. The first-order valence-corrected chi connectivity index (χ1v) is 12.4. The van der Waals surface area contributed by atoms with Crippen LogP contribution in [-0.2, 0) is 16.0 Å². The van der Waals surface area contributed by atoms with Gasteiger partial charge in [-0.25, -0.2) is 0 Å². The van der Waals surface area contributed by atoms with Crippen molar-refractivity contribution in [2.45, 2.75) is 52.4 Å². The molecule has 1 aliphatic heterocycles. The third-order valence-corrected chi connectivity index (χ3v) is 7.45. The van der Waals surface area contributed by atoms with Crippen molar-refractivity contribution >= 4 is 11.8 Å². The molecule has 1 fully saturated rings. The Bertz CT molecular complexity index is 1020. The molecular weight excluding hydrogens is 408 g/mol. The molecule has 1 heterocycles. The summed E-state index contributed by atoms with van der Waals surface area (Å²) in [5.74, 6) is 0.496. The van der Waals surface area contributed by atoms with E-state index in [4.69, 9.17) is 0 Å². The number of likely N-dealkylation sites (tertiary alicyclic amines) is 1. The Morgan fingerprint density at radius 1 is 1.00 bits per heavy atom. The number of piperidine rings is 1. The van der Waals surface area contributed by atoms with Gasteiger partial charge < -0.3 is 10.2 Å². The quantitative estimate of drug-likeness (QED) is 0.614. The Hall–Kier alpha value is -2.88. The Labute approximate surface area is 198 Å². The Morgan fingerprint density at radius 3 is 2.36 bits per heavy atom. The monoisotopic (exact) mass is 444 g/mol. The number of rotatable bonds is 6. The fraction of sp³-hybridized carbons (Fsp3) is 0.448. The first-order chi connectivity index (χ1) is 16.0.